The minimum absolute atomic E-state index is 0.141. The van der Waals surface area contributed by atoms with E-state index in [-0.39, 0.29) is 17.7 Å². The van der Waals surface area contributed by atoms with Gasteiger partial charge in [-0.05, 0) is 63.8 Å². The van der Waals surface area contributed by atoms with E-state index in [1.54, 1.807) is 48.5 Å². The average molecular weight is 472 g/mol. The summed E-state index contributed by atoms with van der Waals surface area (Å²) in [5, 5.41) is 8.67. The molecule has 1 aliphatic rings. The van der Waals surface area contributed by atoms with Crippen molar-refractivity contribution in [1.82, 2.24) is 15.2 Å². The Morgan fingerprint density at radius 2 is 1.77 bits per heavy atom. The number of amides is 3. The standard InChI is InChI=1S/C27H29N5O3/c1-16-22(29-17(2)24(16)27(35)28-12-13-32(3)4)15-21-20-11-10-19(14-23(20)31-26(21)34)30-25(33)18-8-6-5-7-9-18/h5-11,14-15,29H,12-13H2,1-4H3,(H,28,35)(H,30,33)(H,31,34). The van der Waals surface area contributed by atoms with Crippen molar-refractivity contribution in [3.8, 4) is 0 Å². The highest BCUT2D eigenvalue weighted by molar-refractivity contribution is 6.35. The minimum atomic E-state index is -0.241. The molecule has 8 nitrogen and oxygen atoms in total. The quantitative estimate of drug-likeness (QED) is 0.395. The highest BCUT2D eigenvalue weighted by Gasteiger charge is 2.26. The third kappa shape index (κ3) is 5.17. The molecule has 0 atom stereocenters. The first kappa shape index (κ1) is 24.0. The third-order valence-corrected chi connectivity index (χ3v) is 5.93. The molecule has 0 bridgehead atoms. The van der Waals surface area contributed by atoms with Crippen molar-refractivity contribution in [2.24, 2.45) is 0 Å². The SMILES string of the molecule is Cc1[nH]c(C=C2C(=O)Nc3cc(NC(=O)c4ccccc4)ccc32)c(C)c1C(=O)NCCN(C)C. The van der Waals surface area contributed by atoms with Gasteiger partial charge in [0.1, 0.15) is 0 Å². The second-order valence-electron chi connectivity index (χ2n) is 8.82. The van der Waals surface area contributed by atoms with Crippen LogP contribution in [0, 0.1) is 13.8 Å². The average Bonchev–Trinajstić information content (AvgIpc) is 3.28. The maximum atomic E-state index is 12.8. The summed E-state index contributed by atoms with van der Waals surface area (Å²) < 4.78 is 0. The van der Waals surface area contributed by atoms with Crippen molar-refractivity contribution in [1.29, 1.82) is 0 Å². The lowest BCUT2D eigenvalue weighted by molar-refractivity contribution is -0.110. The second kappa shape index (κ2) is 9.99. The van der Waals surface area contributed by atoms with Crippen LogP contribution in [-0.2, 0) is 4.79 Å². The van der Waals surface area contributed by atoms with Gasteiger partial charge >= 0.3 is 0 Å². The number of hydrogen-bond acceptors (Lipinski definition) is 4. The number of aromatic nitrogens is 1. The number of likely N-dealkylation sites (N-methyl/N-ethyl adjacent to an activating group) is 1. The molecular weight excluding hydrogens is 442 g/mol. The summed E-state index contributed by atoms with van der Waals surface area (Å²) in [6.45, 7) is 5.01. The van der Waals surface area contributed by atoms with Gasteiger partial charge in [0.25, 0.3) is 17.7 Å². The Kier molecular flexibility index (Phi) is 6.84. The smallest absolute Gasteiger partial charge is 0.256 e. The normalized spacial score (nSPS) is 13.6. The van der Waals surface area contributed by atoms with Crippen LogP contribution >= 0.6 is 0 Å². The molecule has 0 saturated heterocycles. The number of nitrogens with one attached hydrogen (secondary N) is 4. The van der Waals surface area contributed by atoms with Gasteiger partial charge < -0.3 is 25.8 Å². The fraction of sp³-hybridized carbons (Fsp3) is 0.222. The van der Waals surface area contributed by atoms with E-state index in [2.05, 4.69) is 20.9 Å². The topological polar surface area (TPSA) is 106 Å². The Morgan fingerprint density at radius 1 is 1.03 bits per heavy atom. The first-order chi connectivity index (χ1) is 16.7. The van der Waals surface area contributed by atoms with E-state index in [0.29, 0.717) is 40.3 Å². The van der Waals surface area contributed by atoms with Crippen molar-refractivity contribution in [2.45, 2.75) is 13.8 Å². The molecule has 0 spiro atoms. The van der Waals surface area contributed by atoms with E-state index >= 15 is 0 Å². The Labute approximate surface area is 204 Å². The summed E-state index contributed by atoms with van der Waals surface area (Å²) in [7, 11) is 3.90. The van der Waals surface area contributed by atoms with Gasteiger partial charge in [-0.1, -0.05) is 24.3 Å². The maximum absolute atomic E-state index is 12.8. The van der Waals surface area contributed by atoms with Crippen LogP contribution in [0.4, 0.5) is 11.4 Å². The number of anilines is 2. The van der Waals surface area contributed by atoms with E-state index in [9.17, 15) is 14.4 Å². The van der Waals surface area contributed by atoms with Gasteiger partial charge in [0, 0.05) is 41.3 Å². The fourth-order valence-electron chi connectivity index (χ4n) is 4.09. The Hall–Kier alpha value is -4.17. The first-order valence-electron chi connectivity index (χ1n) is 11.4. The van der Waals surface area contributed by atoms with Gasteiger partial charge in [-0.2, -0.15) is 0 Å². The summed E-state index contributed by atoms with van der Waals surface area (Å²) in [5.74, 6) is -0.604. The van der Waals surface area contributed by atoms with Crippen LogP contribution in [0.5, 0.6) is 0 Å². The second-order valence-corrected chi connectivity index (χ2v) is 8.82. The molecule has 180 valence electrons. The molecule has 4 rings (SSSR count). The predicted octanol–water partition coefficient (Wildman–Crippen LogP) is 3.67. The van der Waals surface area contributed by atoms with Gasteiger partial charge in [0.15, 0.2) is 0 Å². The van der Waals surface area contributed by atoms with Crippen LogP contribution < -0.4 is 16.0 Å². The zero-order valence-electron chi connectivity index (χ0n) is 20.3. The molecule has 3 amide bonds. The fourth-order valence-corrected chi connectivity index (χ4v) is 4.09. The molecule has 0 aliphatic carbocycles. The molecule has 2 aromatic carbocycles. The molecule has 3 aromatic rings. The molecule has 1 aromatic heterocycles. The number of H-pyrrole nitrogens is 1. The van der Waals surface area contributed by atoms with Gasteiger partial charge in [0.2, 0.25) is 0 Å². The molecule has 0 saturated carbocycles. The van der Waals surface area contributed by atoms with Crippen LogP contribution in [0.1, 0.15) is 43.2 Å². The number of benzene rings is 2. The zero-order chi connectivity index (χ0) is 25.1. The number of aryl methyl sites for hydroxylation is 1. The molecule has 0 fully saturated rings. The molecule has 35 heavy (non-hydrogen) atoms. The van der Waals surface area contributed by atoms with Crippen LogP contribution in [0.15, 0.2) is 48.5 Å². The van der Waals surface area contributed by atoms with Gasteiger partial charge in [0.05, 0.1) is 16.8 Å². The Balaban J connectivity index is 1.56. The third-order valence-electron chi connectivity index (χ3n) is 5.93. The Morgan fingerprint density at radius 3 is 2.49 bits per heavy atom. The van der Waals surface area contributed by atoms with Gasteiger partial charge in [-0.25, -0.2) is 0 Å². The molecule has 1 aliphatic heterocycles. The summed E-state index contributed by atoms with van der Waals surface area (Å²) >= 11 is 0. The minimum Gasteiger partial charge on any atom is -0.358 e. The summed E-state index contributed by atoms with van der Waals surface area (Å²) in [4.78, 5) is 43.2. The monoisotopic (exact) mass is 471 g/mol. The molecule has 0 unspecified atom stereocenters. The summed E-state index contributed by atoms with van der Waals surface area (Å²) in [5.41, 5.74) is 5.81. The van der Waals surface area contributed by atoms with Gasteiger partial charge in [-0.15, -0.1) is 0 Å². The Bertz CT molecular complexity index is 1320. The summed E-state index contributed by atoms with van der Waals surface area (Å²) in [6, 6.07) is 14.3. The van der Waals surface area contributed by atoms with Crippen molar-refractivity contribution in [3.63, 3.8) is 0 Å². The van der Waals surface area contributed by atoms with E-state index in [4.69, 9.17) is 0 Å². The van der Waals surface area contributed by atoms with Crippen molar-refractivity contribution < 1.29 is 14.4 Å². The van der Waals surface area contributed by atoms with E-state index in [0.717, 1.165) is 23.4 Å². The van der Waals surface area contributed by atoms with Crippen LogP contribution in [0.3, 0.4) is 0 Å². The van der Waals surface area contributed by atoms with Crippen molar-refractivity contribution in [3.05, 3.63) is 82.2 Å². The van der Waals surface area contributed by atoms with E-state index < -0.39 is 0 Å². The van der Waals surface area contributed by atoms with Crippen molar-refractivity contribution >= 4 is 40.7 Å². The number of fused-ring (bicyclic) bond motifs is 1. The molecule has 0 radical (unpaired) electrons. The lowest BCUT2D eigenvalue weighted by atomic mass is 10.0. The number of carbonyl (C=O) groups excluding carboxylic acids is 3. The predicted molar refractivity (Wildman–Crippen MR) is 138 cm³/mol. The van der Waals surface area contributed by atoms with E-state index in [1.165, 1.54) is 0 Å². The number of hydrogen-bond donors (Lipinski definition) is 4. The van der Waals surface area contributed by atoms with Gasteiger partial charge in [-0.3, -0.25) is 14.4 Å². The number of aromatic amines is 1. The highest BCUT2D eigenvalue weighted by atomic mass is 16.2. The number of nitrogens with zero attached hydrogens (tertiary/aromatic N) is 1. The number of carbonyl (C=O) groups is 3. The van der Waals surface area contributed by atoms with E-state index in [1.807, 2.05) is 38.9 Å². The number of rotatable bonds is 7. The zero-order valence-corrected chi connectivity index (χ0v) is 20.3. The van der Waals surface area contributed by atoms with Crippen LogP contribution in [-0.4, -0.2) is 54.8 Å². The highest BCUT2D eigenvalue weighted by Crippen LogP contribution is 2.36. The molecule has 2 heterocycles. The van der Waals surface area contributed by atoms with Crippen molar-refractivity contribution in [2.75, 3.05) is 37.8 Å². The molecule has 8 heteroatoms. The lowest BCUT2D eigenvalue weighted by Gasteiger charge is -2.10. The first-order valence-corrected chi connectivity index (χ1v) is 11.4. The lowest BCUT2D eigenvalue weighted by Crippen LogP contribution is -2.31. The summed E-state index contributed by atoms with van der Waals surface area (Å²) in [6.07, 6.45) is 1.77. The largest absolute Gasteiger partial charge is 0.358 e. The van der Waals surface area contributed by atoms with Crippen LogP contribution in [0.2, 0.25) is 0 Å². The molecule has 4 N–H and O–H groups in total. The van der Waals surface area contributed by atoms with Crippen LogP contribution in [0.25, 0.3) is 11.6 Å². The maximum Gasteiger partial charge on any atom is 0.256 e. The molecular formula is C27H29N5O3.